The van der Waals surface area contributed by atoms with E-state index in [1.165, 1.54) is 18.2 Å². The van der Waals surface area contributed by atoms with Gasteiger partial charge in [-0.15, -0.1) is 0 Å². The van der Waals surface area contributed by atoms with Gasteiger partial charge in [0, 0.05) is 5.69 Å². The van der Waals surface area contributed by atoms with Gasteiger partial charge in [0.15, 0.2) is 11.5 Å². The molecule has 0 unspecified atom stereocenters. The van der Waals surface area contributed by atoms with Crippen molar-refractivity contribution in [1.29, 1.82) is 5.26 Å². The van der Waals surface area contributed by atoms with Crippen LogP contribution in [-0.2, 0) is 11.4 Å². The number of aromatic carboxylic acids is 1. The molecule has 0 aromatic heterocycles. The Morgan fingerprint density at radius 1 is 1.00 bits per heavy atom. The van der Waals surface area contributed by atoms with Crippen LogP contribution in [0.1, 0.15) is 28.4 Å². The fourth-order valence-electron chi connectivity index (χ4n) is 3.09. The third-order valence-corrected chi connectivity index (χ3v) is 4.88. The maximum absolute atomic E-state index is 12.6. The Morgan fingerprint density at radius 2 is 1.71 bits per heavy atom. The number of hydrogen-bond acceptors (Lipinski definition) is 7. The van der Waals surface area contributed by atoms with E-state index in [1.54, 1.807) is 61.7 Å². The number of benzene rings is 3. The first-order valence-electron chi connectivity index (χ1n) is 10.7. The molecule has 35 heavy (non-hydrogen) atoms. The molecular formula is C27H23N2O6-. The Bertz CT molecular complexity index is 1260. The molecule has 3 aromatic carbocycles. The fourth-order valence-corrected chi connectivity index (χ4v) is 3.09. The van der Waals surface area contributed by atoms with Crippen LogP contribution in [0.2, 0.25) is 0 Å². The van der Waals surface area contributed by atoms with Gasteiger partial charge in [-0.3, -0.25) is 4.79 Å². The molecule has 3 rings (SSSR count). The highest BCUT2D eigenvalue weighted by Gasteiger charge is 2.12. The lowest BCUT2D eigenvalue weighted by molar-refractivity contribution is -0.255. The van der Waals surface area contributed by atoms with E-state index in [-0.39, 0.29) is 17.7 Å². The summed E-state index contributed by atoms with van der Waals surface area (Å²) in [7, 11) is 1.55. The number of carbonyl (C=O) groups is 2. The molecular weight excluding hydrogens is 448 g/mol. The molecule has 0 fully saturated rings. The average molecular weight is 471 g/mol. The SMILES string of the molecule is CCOc1cc(/C=C(\C#N)C(=O)Nc2ccc(OC)cc2)ccc1OCc1ccc(C(=O)[O-])cc1. The third kappa shape index (κ3) is 6.85. The predicted octanol–water partition coefficient (Wildman–Crippen LogP) is 3.58. The first-order chi connectivity index (χ1) is 16.9. The molecule has 0 radical (unpaired) electrons. The standard InChI is InChI=1S/C27H24N2O6/c1-3-34-25-15-19(6-13-24(25)35-17-18-4-7-20(8-5-18)27(31)32)14-21(16-28)26(30)29-22-9-11-23(33-2)12-10-22/h4-15H,3,17H2,1-2H3,(H,29,30)(H,31,32)/p-1/b21-14+. The molecule has 8 nitrogen and oxygen atoms in total. The van der Waals surface area contributed by atoms with Crippen LogP contribution in [0.15, 0.2) is 72.3 Å². The molecule has 0 atom stereocenters. The Hall–Kier alpha value is -4.77. The first-order valence-corrected chi connectivity index (χ1v) is 10.7. The summed E-state index contributed by atoms with van der Waals surface area (Å²) in [6.07, 6.45) is 1.46. The molecule has 0 aliphatic carbocycles. The second-order valence-electron chi connectivity index (χ2n) is 7.26. The van der Waals surface area contributed by atoms with Crippen molar-refractivity contribution in [3.63, 3.8) is 0 Å². The largest absolute Gasteiger partial charge is 0.545 e. The van der Waals surface area contributed by atoms with Crippen molar-refractivity contribution in [2.45, 2.75) is 13.5 Å². The lowest BCUT2D eigenvalue weighted by Crippen LogP contribution is -2.22. The predicted molar refractivity (Wildman–Crippen MR) is 128 cm³/mol. The number of carboxylic acid groups (broad SMARTS) is 1. The molecule has 0 saturated carbocycles. The summed E-state index contributed by atoms with van der Waals surface area (Å²) in [5.74, 6) is -0.223. The van der Waals surface area contributed by atoms with Crippen LogP contribution in [0.4, 0.5) is 5.69 Å². The quantitative estimate of drug-likeness (QED) is 0.354. The summed E-state index contributed by atoms with van der Waals surface area (Å²) in [6.45, 7) is 2.40. The number of carboxylic acids is 1. The molecule has 0 spiro atoms. The molecule has 0 bridgehead atoms. The van der Waals surface area contributed by atoms with Crippen LogP contribution in [0.25, 0.3) is 6.08 Å². The topological polar surface area (TPSA) is 121 Å². The number of ether oxygens (including phenoxy) is 3. The van der Waals surface area contributed by atoms with Gasteiger partial charge in [0.25, 0.3) is 5.91 Å². The van der Waals surface area contributed by atoms with E-state index in [4.69, 9.17) is 14.2 Å². The van der Waals surface area contributed by atoms with Gasteiger partial charge in [-0.2, -0.15) is 5.26 Å². The van der Waals surface area contributed by atoms with Gasteiger partial charge < -0.3 is 29.4 Å². The van der Waals surface area contributed by atoms with Gasteiger partial charge in [0.05, 0.1) is 19.7 Å². The van der Waals surface area contributed by atoms with Gasteiger partial charge in [-0.1, -0.05) is 30.3 Å². The number of anilines is 1. The maximum Gasteiger partial charge on any atom is 0.266 e. The molecule has 8 heteroatoms. The highest BCUT2D eigenvalue weighted by atomic mass is 16.5. The second kappa shape index (κ2) is 11.9. The van der Waals surface area contributed by atoms with Crippen LogP contribution in [0.3, 0.4) is 0 Å². The summed E-state index contributed by atoms with van der Waals surface area (Å²) < 4.78 is 16.6. The molecule has 0 aliphatic rings. The number of nitriles is 1. The Kier molecular flexibility index (Phi) is 8.46. The third-order valence-electron chi connectivity index (χ3n) is 4.88. The van der Waals surface area contributed by atoms with Gasteiger partial charge in [-0.05, 0) is 66.1 Å². The Morgan fingerprint density at radius 3 is 2.31 bits per heavy atom. The monoisotopic (exact) mass is 471 g/mol. The number of methoxy groups -OCH3 is 1. The smallest absolute Gasteiger partial charge is 0.266 e. The molecule has 1 amide bonds. The number of nitrogens with one attached hydrogen (secondary N) is 1. The molecule has 178 valence electrons. The Balaban J connectivity index is 1.74. The normalized spacial score (nSPS) is 10.7. The second-order valence-corrected chi connectivity index (χ2v) is 7.26. The average Bonchev–Trinajstić information content (AvgIpc) is 2.87. The van der Waals surface area contributed by atoms with E-state index in [0.717, 1.165) is 5.56 Å². The molecule has 0 saturated heterocycles. The minimum absolute atomic E-state index is 0.0788. The van der Waals surface area contributed by atoms with Gasteiger partial charge in [0.1, 0.15) is 24.0 Å². The molecule has 0 aliphatic heterocycles. The summed E-state index contributed by atoms with van der Waals surface area (Å²) in [4.78, 5) is 23.5. The molecule has 0 heterocycles. The van der Waals surface area contributed by atoms with Crippen molar-refractivity contribution in [2.24, 2.45) is 0 Å². The number of rotatable bonds is 10. The van der Waals surface area contributed by atoms with Crippen molar-refractivity contribution in [3.8, 4) is 23.3 Å². The Labute approximate surface area is 203 Å². The summed E-state index contributed by atoms with van der Waals surface area (Å²) in [6, 6.07) is 19.9. The molecule has 3 aromatic rings. The van der Waals surface area contributed by atoms with Crippen molar-refractivity contribution in [1.82, 2.24) is 0 Å². The minimum atomic E-state index is -1.24. The number of hydrogen-bond donors (Lipinski definition) is 1. The van der Waals surface area contributed by atoms with Crippen LogP contribution in [-0.4, -0.2) is 25.6 Å². The lowest BCUT2D eigenvalue weighted by atomic mass is 10.1. The fraction of sp³-hybridized carbons (Fsp3) is 0.148. The van der Waals surface area contributed by atoms with E-state index in [1.807, 2.05) is 13.0 Å². The van der Waals surface area contributed by atoms with Crippen molar-refractivity contribution in [2.75, 3.05) is 19.0 Å². The number of amides is 1. The van der Waals surface area contributed by atoms with E-state index in [9.17, 15) is 20.0 Å². The number of nitrogens with zero attached hydrogens (tertiary/aromatic N) is 1. The van der Waals surface area contributed by atoms with E-state index >= 15 is 0 Å². The van der Waals surface area contributed by atoms with Gasteiger partial charge in [0.2, 0.25) is 0 Å². The van der Waals surface area contributed by atoms with E-state index in [2.05, 4.69) is 5.32 Å². The summed E-state index contributed by atoms with van der Waals surface area (Å²) in [5, 5.41) is 23.1. The zero-order valence-corrected chi connectivity index (χ0v) is 19.2. The van der Waals surface area contributed by atoms with Crippen molar-refractivity contribution in [3.05, 3.63) is 89.0 Å². The van der Waals surface area contributed by atoms with Gasteiger partial charge in [-0.25, -0.2) is 0 Å². The highest BCUT2D eigenvalue weighted by molar-refractivity contribution is 6.09. The zero-order valence-electron chi connectivity index (χ0n) is 19.2. The summed E-state index contributed by atoms with van der Waals surface area (Å²) >= 11 is 0. The number of carbonyl (C=O) groups excluding carboxylic acids is 2. The van der Waals surface area contributed by atoms with Crippen LogP contribution in [0, 0.1) is 11.3 Å². The summed E-state index contributed by atoms with van der Waals surface area (Å²) in [5.41, 5.74) is 1.89. The van der Waals surface area contributed by atoms with Crippen LogP contribution in [0.5, 0.6) is 17.2 Å². The van der Waals surface area contributed by atoms with E-state index in [0.29, 0.717) is 35.1 Å². The van der Waals surface area contributed by atoms with E-state index < -0.39 is 11.9 Å². The lowest BCUT2D eigenvalue weighted by Gasteiger charge is -2.13. The van der Waals surface area contributed by atoms with Crippen LogP contribution >= 0.6 is 0 Å². The van der Waals surface area contributed by atoms with Crippen molar-refractivity contribution >= 4 is 23.6 Å². The maximum atomic E-state index is 12.6. The minimum Gasteiger partial charge on any atom is -0.545 e. The van der Waals surface area contributed by atoms with Crippen molar-refractivity contribution < 1.29 is 28.9 Å². The van der Waals surface area contributed by atoms with Gasteiger partial charge >= 0.3 is 0 Å². The highest BCUT2D eigenvalue weighted by Crippen LogP contribution is 2.30. The molecule has 1 N–H and O–H groups in total. The zero-order chi connectivity index (χ0) is 25.2. The first kappa shape index (κ1) is 24.9. The van der Waals surface area contributed by atoms with Crippen LogP contribution < -0.4 is 24.6 Å².